The van der Waals surface area contributed by atoms with E-state index in [1.54, 1.807) is 0 Å². The summed E-state index contributed by atoms with van der Waals surface area (Å²) in [6.07, 6.45) is 0.149. The number of nitrogens with zero attached hydrogens (tertiary/aromatic N) is 1. The normalized spacial score (nSPS) is 10.2. The Morgan fingerprint density at radius 1 is 1.89 bits per heavy atom. The van der Waals surface area contributed by atoms with Crippen LogP contribution < -0.4 is 5.84 Å². The summed E-state index contributed by atoms with van der Waals surface area (Å²) >= 11 is 1.28. The van der Waals surface area contributed by atoms with Gasteiger partial charge in [0.1, 0.15) is 0 Å². The molecule has 0 saturated heterocycles. The fraction of sp³-hybridized carbons (Fsp3) is 0.500. The zero-order chi connectivity index (χ0) is 7.11. The fourth-order valence-electron chi connectivity index (χ4n) is 0.242. The number of carboxylic acids is 1. The van der Waals surface area contributed by atoms with Crippen molar-refractivity contribution in [2.45, 2.75) is 6.42 Å². The molecule has 0 aromatic heterocycles. The number of carbonyl (C=O) groups is 1. The molecule has 0 fully saturated rings. The zero-order valence-electron chi connectivity index (χ0n) is 4.78. The molecule has 0 saturated carbocycles. The molecule has 0 heterocycles. The first-order chi connectivity index (χ1) is 4.27. The van der Waals surface area contributed by atoms with Crippen LogP contribution in [0.1, 0.15) is 6.42 Å². The van der Waals surface area contributed by atoms with Gasteiger partial charge in [0.25, 0.3) is 0 Å². The van der Waals surface area contributed by atoms with Gasteiger partial charge in [-0.05, 0) is 0 Å². The van der Waals surface area contributed by atoms with Crippen LogP contribution in [-0.2, 0) is 4.79 Å². The van der Waals surface area contributed by atoms with E-state index in [2.05, 4.69) is 5.10 Å². The molecule has 0 rings (SSSR count). The molecular weight excluding hydrogens is 140 g/mol. The molecule has 3 N–H and O–H groups in total. The molecule has 5 heteroatoms. The molecule has 0 aliphatic rings. The smallest absolute Gasteiger partial charge is 0.304 e. The van der Waals surface area contributed by atoms with Gasteiger partial charge in [0.2, 0.25) is 0 Å². The van der Waals surface area contributed by atoms with Crippen molar-refractivity contribution < 1.29 is 9.90 Å². The third kappa shape index (κ3) is 7.29. The van der Waals surface area contributed by atoms with Crippen LogP contribution in [0.25, 0.3) is 0 Å². The van der Waals surface area contributed by atoms with Crippen LogP contribution in [0.15, 0.2) is 5.10 Å². The average Bonchev–Trinajstić information content (AvgIpc) is 1.80. The van der Waals surface area contributed by atoms with Crippen LogP contribution in [0, 0.1) is 0 Å². The van der Waals surface area contributed by atoms with Gasteiger partial charge in [0, 0.05) is 5.75 Å². The largest absolute Gasteiger partial charge is 0.481 e. The monoisotopic (exact) mass is 148 g/mol. The predicted octanol–water partition coefficient (Wildman–Crippen LogP) is 0.0963. The van der Waals surface area contributed by atoms with Gasteiger partial charge >= 0.3 is 5.97 Å². The average molecular weight is 148 g/mol. The molecule has 0 aliphatic heterocycles. The quantitative estimate of drug-likeness (QED) is 0.195. The highest BCUT2D eigenvalue weighted by molar-refractivity contribution is 8.12. The van der Waals surface area contributed by atoms with Crippen molar-refractivity contribution >= 4 is 23.3 Å². The van der Waals surface area contributed by atoms with Crippen molar-refractivity contribution in [3.05, 3.63) is 0 Å². The van der Waals surface area contributed by atoms with Crippen molar-refractivity contribution in [1.29, 1.82) is 0 Å². The minimum atomic E-state index is -0.798. The van der Waals surface area contributed by atoms with Crippen molar-refractivity contribution in [3.63, 3.8) is 0 Å². The second-order valence-corrected chi connectivity index (χ2v) is 2.22. The Hall–Kier alpha value is -0.710. The van der Waals surface area contributed by atoms with Crippen molar-refractivity contribution in [2.75, 3.05) is 5.75 Å². The van der Waals surface area contributed by atoms with Crippen LogP contribution >= 0.6 is 11.8 Å². The van der Waals surface area contributed by atoms with Crippen LogP contribution in [0.3, 0.4) is 0 Å². The Morgan fingerprint density at radius 3 is 3.00 bits per heavy atom. The van der Waals surface area contributed by atoms with Gasteiger partial charge in [-0.2, -0.15) is 5.10 Å². The molecule has 0 aromatic carbocycles. The van der Waals surface area contributed by atoms with E-state index in [-0.39, 0.29) is 6.42 Å². The molecule has 0 spiro atoms. The second-order valence-electron chi connectivity index (χ2n) is 1.27. The summed E-state index contributed by atoms with van der Waals surface area (Å²) in [4.78, 5) is 9.87. The Morgan fingerprint density at radius 2 is 2.56 bits per heavy atom. The minimum Gasteiger partial charge on any atom is -0.481 e. The van der Waals surface area contributed by atoms with E-state index in [1.807, 2.05) is 0 Å². The maximum atomic E-state index is 9.87. The molecule has 0 unspecified atom stereocenters. The SMILES string of the molecule is NN=CSCCC(=O)O. The van der Waals surface area contributed by atoms with Crippen LogP contribution in [0.4, 0.5) is 0 Å². The lowest BCUT2D eigenvalue weighted by Crippen LogP contribution is -1.95. The summed E-state index contributed by atoms with van der Waals surface area (Å²) in [5, 5.41) is 11.3. The molecule has 0 bridgehead atoms. The summed E-state index contributed by atoms with van der Waals surface area (Å²) in [6.45, 7) is 0. The summed E-state index contributed by atoms with van der Waals surface area (Å²) < 4.78 is 0. The lowest BCUT2D eigenvalue weighted by molar-refractivity contribution is -0.136. The Kier molecular flexibility index (Phi) is 5.00. The third-order valence-electron chi connectivity index (χ3n) is 0.569. The fourth-order valence-corrected chi connectivity index (χ4v) is 0.726. The maximum Gasteiger partial charge on any atom is 0.304 e. The molecule has 0 aromatic rings. The summed E-state index contributed by atoms with van der Waals surface area (Å²) in [6, 6.07) is 0. The summed E-state index contributed by atoms with van der Waals surface area (Å²) in [7, 11) is 0. The van der Waals surface area contributed by atoms with Gasteiger partial charge in [-0.1, -0.05) is 0 Å². The van der Waals surface area contributed by atoms with Crippen molar-refractivity contribution in [1.82, 2.24) is 0 Å². The summed E-state index contributed by atoms with van der Waals surface area (Å²) in [5.74, 6) is 4.47. The number of rotatable bonds is 4. The van der Waals surface area contributed by atoms with E-state index >= 15 is 0 Å². The van der Waals surface area contributed by atoms with Crippen molar-refractivity contribution in [2.24, 2.45) is 10.9 Å². The van der Waals surface area contributed by atoms with E-state index in [4.69, 9.17) is 10.9 Å². The highest BCUT2D eigenvalue weighted by Gasteiger charge is 1.93. The Labute approximate surface area is 57.1 Å². The number of carboxylic acid groups (broad SMARTS) is 1. The predicted molar refractivity (Wildman–Crippen MR) is 37.4 cm³/mol. The number of hydrazone groups is 1. The van der Waals surface area contributed by atoms with Crippen LogP contribution in [0.5, 0.6) is 0 Å². The first-order valence-corrected chi connectivity index (χ1v) is 3.37. The van der Waals surface area contributed by atoms with Crippen LogP contribution in [-0.4, -0.2) is 22.4 Å². The molecule has 0 aliphatic carbocycles. The third-order valence-corrected chi connectivity index (χ3v) is 1.28. The van der Waals surface area contributed by atoms with E-state index in [9.17, 15) is 4.79 Å². The number of nitrogens with two attached hydrogens (primary N) is 1. The molecule has 0 atom stereocenters. The number of hydrogen-bond donors (Lipinski definition) is 2. The lowest BCUT2D eigenvalue weighted by atomic mass is 10.5. The van der Waals surface area contributed by atoms with Gasteiger partial charge in [0.15, 0.2) is 0 Å². The molecule has 0 amide bonds. The van der Waals surface area contributed by atoms with E-state index in [0.29, 0.717) is 5.75 Å². The highest BCUT2D eigenvalue weighted by Crippen LogP contribution is 1.96. The molecule has 9 heavy (non-hydrogen) atoms. The Balaban J connectivity index is 3.01. The maximum absolute atomic E-state index is 9.87. The lowest BCUT2D eigenvalue weighted by Gasteiger charge is -1.87. The highest BCUT2D eigenvalue weighted by atomic mass is 32.2. The van der Waals surface area contributed by atoms with Gasteiger partial charge in [0.05, 0.1) is 12.0 Å². The number of hydrogen-bond acceptors (Lipinski definition) is 4. The van der Waals surface area contributed by atoms with Crippen molar-refractivity contribution in [3.8, 4) is 0 Å². The van der Waals surface area contributed by atoms with Gasteiger partial charge in [-0.3, -0.25) is 4.79 Å². The van der Waals surface area contributed by atoms with Gasteiger partial charge in [-0.15, -0.1) is 11.8 Å². The van der Waals surface area contributed by atoms with Gasteiger partial charge < -0.3 is 10.9 Å². The Bertz CT molecular complexity index is 115. The second kappa shape index (κ2) is 5.43. The zero-order valence-corrected chi connectivity index (χ0v) is 5.60. The standard InChI is InChI=1S/C4H8N2O2S/c5-6-3-9-2-1-4(7)8/h3H,1-2,5H2,(H,7,8). The van der Waals surface area contributed by atoms with E-state index < -0.39 is 5.97 Å². The first kappa shape index (κ1) is 8.29. The molecule has 0 radical (unpaired) electrons. The topological polar surface area (TPSA) is 75.7 Å². The minimum absolute atomic E-state index is 0.149. The van der Waals surface area contributed by atoms with Gasteiger partial charge in [-0.25, -0.2) is 0 Å². The first-order valence-electron chi connectivity index (χ1n) is 2.32. The molecular formula is C4H8N2O2S. The van der Waals surface area contributed by atoms with Crippen LogP contribution in [0.2, 0.25) is 0 Å². The van der Waals surface area contributed by atoms with E-state index in [1.165, 1.54) is 17.3 Å². The van der Waals surface area contributed by atoms with E-state index in [0.717, 1.165) is 0 Å². The molecule has 52 valence electrons. The summed E-state index contributed by atoms with van der Waals surface area (Å²) in [5.41, 5.74) is 1.42. The number of aliphatic carboxylic acids is 1. The molecule has 4 nitrogen and oxygen atoms in total. The number of thioether (sulfide) groups is 1.